The second-order valence-electron chi connectivity index (χ2n) is 12.7. The number of imidazole rings is 1. The van der Waals surface area contributed by atoms with Crippen molar-refractivity contribution in [3.63, 3.8) is 0 Å². The van der Waals surface area contributed by atoms with Crippen molar-refractivity contribution < 1.29 is 40.7 Å². The van der Waals surface area contributed by atoms with Crippen LogP contribution in [0.2, 0.25) is 0 Å². The van der Waals surface area contributed by atoms with Crippen molar-refractivity contribution in [1.29, 1.82) is 0 Å². The fourth-order valence-corrected chi connectivity index (χ4v) is 5.96. The highest BCUT2D eigenvalue weighted by molar-refractivity contribution is 5.82. The lowest BCUT2D eigenvalue weighted by molar-refractivity contribution is -0.172. The number of halogens is 6. The van der Waals surface area contributed by atoms with Crippen LogP contribution >= 0.6 is 0 Å². The van der Waals surface area contributed by atoms with Gasteiger partial charge in [0.1, 0.15) is 5.60 Å². The van der Waals surface area contributed by atoms with Crippen molar-refractivity contribution in [3.8, 4) is 0 Å². The van der Waals surface area contributed by atoms with E-state index in [9.17, 15) is 35.9 Å². The zero-order valence-electron chi connectivity index (χ0n) is 23.5. The summed E-state index contributed by atoms with van der Waals surface area (Å²) < 4.78 is 89.9. The maximum atomic E-state index is 13.9. The summed E-state index contributed by atoms with van der Waals surface area (Å²) in [6.07, 6.45) is 2.30. The number of hydrogen-bond acceptors (Lipinski definition) is 6. The zero-order chi connectivity index (χ0) is 30.8. The molecule has 2 amide bonds. The number of hydrogen-bond donors (Lipinski definition) is 1. The Morgan fingerprint density at radius 3 is 2.24 bits per heavy atom. The Labute approximate surface area is 238 Å². The van der Waals surface area contributed by atoms with Crippen molar-refractivity contribution in [1.82, 2.24) is 24.4 Å². The van der Waals surface area contributed by atoms with Crippen LogP contribution in [0.1, 0.15) is 69.7 Å². The van der Waals surface area contributed by atoms with Gasteiger partial charge < -0.3 is 20.3 Å². The predicted molar refractivity (Wildman–Crippen MR) is 137 cm³/mol. The number of nitrogens with two attached hydrogens (primary N) is 1. The number of carbonyl (C=O) groups excluding carboxylic acids is 2. The van der Waals surface area contributed by atoms with Crippen molar-refractivity contribution in [3.05, 3.63) is 29.7 Å². The Bertz CT molecular complexity index is 1340. The van der Waals surface area contributed by atoms with E-state index in [0.29, 0.717) is 21.8 Å². The Kier molecular flexibility index (Phi) is 7.42. The van der Waals surface area contributed by atoms with E-state index in [1.54, 1.807) is 33.0 Å². The lowest BCUT2D eigenvalue weighted by atomic mass is 9.81. The van der Waals surface area contributed by atoms with E-state index >= 15 is 0 Å². The normalized spacial score (nSPS) is 26.5. The first-order valence-electron chi connectivity index (χ1n) is 13.9. The number of nitrogens with zero attached hydrogens (tertiary/aromatic N) is 5. The van der Waals surface area contributed by atoms with Gasteiger partial charge in [-0.05, 0) is 51.2 Å². The highest BCUT2D eigenvalue weighted by atomic mass is 19.3. The fraction of sp³-hybridized carbons (Fsp3) is 0.704. The summed E-state index contributed by atoms with van der Waals surface area (Å²) in [5.74, 6) is -14.5. The van der Waals surface area contributed by atoms with Gasteiger partial charge in [-0.2, -0.15) is 22.7 Å². The summed E-state index contributed by atoms with van der Waals surface area (Å²) in [6.45, 7) is 1.84. The molecule has 42 heavy (non-hydrogen) atoms. The van der Waals surface area contributed by atoms with E-state index in [1.165, 1.54) is 15.6 Å². The van der Waals surface area contributed by atoms with E-state index in [1.807, 2.05) is 0 Å². The van der Waals surface area contributed by atoms with Gasteiger partial charge in [-0.1, -0.05) is 0 Å². The van der Waals surface area contributed by atoms with Crippen molar-refractivity contribution in [2.24, 2.45) is 17.6 Å². The quantitative estimate of drug-likeness (QED) is 0.511. The number of amides is 2. The van der Waals surface area contributed by atoms with Gasteiger partial charge in [-0.15, -0.1) is 0 Å². The molecule has 1 aliphatic carbocycles. The van der Waals surface area contributed by atoms with E-state index < -0.39 is 66.3 Å². The number of aromatic nitrogens is 3. The molecule has 2 unspecified atom stereocenters. The minimum Gasteiger partial charge on any atom is -0.444 e. The smallest absolute Gasteiger partial charge is 0.410 e. The molecule has 2 aromatic heterocycles. The van der Waals surface area contributed by atoms with Gasteiger partial charge in [0.15, 0.2) is 5.65 Å². The molecule has 3 fully saturated rings. The third-order valence-electron chi connectivity index (χ3n) is 8.31. The molecule has 0 aromatic carbocycles. The molecule has 4 heterocycles. The molecule has 2 aromatic rings. The van der Waals surface area contributed by atoms with Crippen LogP contribution in [-0.2, 0) is 9.53 Å². The number of carbonyl (C=O) groups is 2. The molecule has 0 radical (unpaired) electrons. The number of rotatable bonds is 4. The van der Waals surface area contributed by atoms with Crippen LogP contribution in [-0.4, -0.2) is 85.9 Å². The van der Waals surface area contributed by atoms with Crippen LogP contribution in [0.5, 0.6) is 0 Å². The predicted octanol–water partition coefficient (Wildman–Crippen LogP) is 4.62. The first-order chi connectivity index (χ1) is 19.4. The van der Waals surface area contributed by atoms with Gasteiger partial charge in [0.2, 0.25) is 11.8 Å². The molecular formula is C27H34F6N6O3. The van der Waals surface area contributed by atoms with E-state index in [0.717, 1.165) is 0 Å². The third-order valence-corrected chi connectivity index (χ3v) is 8.31. The van der Waals surface area contributed by atoms with Crippen molar-refractivity contribution in [2.75, 3.05) is 26.2 Å². The van der Waals surface area contributed by atoms with Crippen LogP contribution in [0.3, 0.4) is 0 Å². The summed E-state index contributed by atoms with van der Waals surface area (Å²) >= 11 is 0. The highest BCUT2D eigenvalue weighted by Crippen LogP contribution is 2.44. The molecule has 0 bridgehead atoms. The average Bonchev–Trinajstić information content (AvgIpc) is 3.55. The van der Waals surface area contributed by atoms with E-state index in [4.69, 9.17) is 10.5 Å². The molecule has 2 N–H and O–H groups in total. The number of alkyl halides is 6. The second kappa shape index (κ2) is 10.3. The molecule has 3 aliphatic rings. The minimum atomic E-state index is -4.37. The molecule has 15 heteroatoms. The summed E-state index contributed by atoms with van der Waals surface area (Å²) in [5.41, 5.74) is 6.75. The molecule has 2 saturated heterocycles. The van der Waals surface area contributed by atoms with Gasteiger partial charge in [-0.3, -0.25) is 4.79 Å². The molecule has 1 saturated carbocycles. The number of ether oxygens (including phenoxy) is 1. The fourth-order valence-electron chi connectivity index (χ4n) is 5.96. The molecule has 3 atom stereocenters. The largest absolute Gasteiger partial charge is 0.444 e. The van der Waals surface area contributed by atoms with Crippen molar-refractivity contribution in [2.45, 2.75) is 81.8 Å². The molecule has 5 rings (SSSR count). The molecule has 2 aliphatic heterocycles. The topological polar surface area (TPSA) is 106 Å². The van der Waals surface area contributed by atoms with Gasteiger partial charge in [0.25, 0.3) is 0 Å². The van der Waals surface area contributed by atoms with E-state index in [2.05, 4.69) is 10.1 Å². The molecule has 232 valence electrons. The summed E-state index contributed by atoms with van der Waals surface area (Å²) in [5, 5.41) is 4.34. The summed E-state index contributed by atoms with van der Waals surface area (Å²) in [4.78, 5) is 32.5. The summed E-state index contributed by atoms with van der Waals surface area (Å²) in [6, 6.07) is 1.00. The van der Waals surface area contributed by atoms with Gasteiger partial charge in [0.05, 0.1) is 43.1 Å². The van der Waals surface area contributed by atoms with Crippen LogP contribution in [0.4, 0.5) is 31.1 Å². The Hall–Kier alpha value is -3.10. The highest BCUT2D eigenvalue weighted by Gasteiger charge is 2.64. The number of likely N-dealkylation sites (tertiary alicyclic amines) is 2. The van der Waals surface area contributed by atoms with Crippen LogP contribution in [0.25, 0.3) is 5.65 Å². The third kappa shape index (κ3) is 5.88. The van der Waals surface area contributed by atoms with Gasteiger partial charge in [-0.25, -0.2) is 23.1 Å². The first-order valence-corrected chi connectivity index (χ1v) is 13.9. The molecular weight excluding hydrogens is 570 g/mol. The maximum Gasteiger partial charge on any atom is 0.410 e. The van der Waals surface area contributed by atoms with Gasteiger partial charge >= 0.3 is 17.9 Å². The maximum absolute atomic E-state index is 13.9. The van der Waals surface area contributed by atoms with Crippen molar-refractivity contribution >= 4 is 17.6 Å². The van der Waals surface area contributed by atoms with Gasteiger partial charge in [0, 0.05) is 31.8 Å². The Balaban J connectivity index is 1.41. The van der Waals surface area contributed by atoms with E-state index in [-0.39, 0.29) is 44.7 Å². The molecule has 0 spiro atoms. The monoisotopic (exact) mass is 604 g/mol. The van der Waals surface area contributed by atoms with Crippen LogP contribution in [0, 0.1) is 11.8 Å². The van der Waals surface area contributed by atoms with Crippen LogP contribution in [0.15, 0.2) is 18.5 Å². The number of fused-ring (bicyclic) bond motifs is 1. The average molecular weight is 605 g/mol. The molecule has 9 nitrogen and oxygen atoms in total. The lowest BCUT2D eigenvalue weighted by Gasteiger charge is -2.31. The Morgan fingerprint density at radius 1 is 1.02 bits per heavy atom. The standard InChI is InChI=1S/C27H34F6N6O3/c1-24(2,3)42-23(41)37-10-17(18(11-37)22(40)38-13-26(30,31)27(32,33)14-38)16-8-20-36-19(12-39(20)35-9-16)21(34)15-4-6-25(28,29)7-5-15/h8-9,12,15,17-18,21H,4-7,10-11,13-14,34H2,1-3H3/t17?,18?,21-/m0/s1. The minimum absolute atomic E-state index is 0.0484. The zero-order valence-corrected chi connectivity index (χ0v) is 23.5. The Morgan fingerprint density at radius 2 is 1.64 bits per heavy atom. The first kappa shape index (κ1) is 30.4. The lowest BCUT2D eigenvalue weighted by Crippen LogP contribution is -2.40. The van der Waals surface area contributed by atoms with Crippen LogP contribution < -0.4 is 5.73 Å². The second-order valence-corrected chi connectivity index (χ2v) is 12.7. The SMILES string of the molecule is CC(C)(C)OC(=O)N1CC(C(=O)N2CC(F)(F)C(F)(F)C2)C(c2cnn3cc([C@@H](N)C4CCC(F)(F)CC4)nc3c2)C1. The summed E-state index contributed by atoms with van der Waals surface area (Å²) in [7, 11) is 0.